The predicted octanol–water partition coefficient (Wildman–Crippen LogP) is 2.72. The molecule has 1 fully saturated rings. The number of hydrogen-bond acceptors (Lipinski definition) is 5. The molecule has 0 unspecified atom stereocenters. The Kier molecular flexibility index (Phi) is 3.52. The van der Waals surface area contributed by atoms with Crippen molar-refractivity contribution in [3.63, 3.8) is 0 Å². The first-order valence-corrected chi connectivity index (χ1v) is 9.06. The number of carbonyl (C=O) groups is 1. The molecule has 25 heavy (non-hydrogen) atoms. The van der Waals surface area contributed by atoms with Crippen LogP contribution in [0.4, 0.5) is 0 Å². The van der Waals surface area contributed by atoms with E-state index in [0.717, 1.165) is 72.8 Å². The second-order valence-electron chi connectivity index (χ2n) is 6.94. The van der Waals surface area contributed by atoms with Crippen LogP contribution in [0.25, 0.3) is 11.3 Å². The van der Waals surface area contributed by atoms with Gasteiger partial charge in [0, 0.05) is 12.0 Å². The molecule has 0 saturated carbocycles. The lowest BCUT2D eigenvalue weighted by Gasteiger charge is -2.25. The van der Waals surface area contributed by atoms with Crippen molar-refractivity contribution in [3.05, 3.63) is 29.5 Å². The molecule has 2 aromatic rings. The first-order chi connectivity index (χ1) is 12.3. The molecule has 5 rings (SSSR count). The molecule has 0 atom stereocenters. The molecule has 0 radical (unpaired) electrons. The van der Waals surface area contributed by atoms with E-state index in [2.05, 4.69) is 10.00 Å². The van der Waals surface area contributed by atoms with E-state index in [9.17, 15) is 4.79 Å². The molecule has 3 aliphatic rings. The van der Waals surface area contributed by atoms with Crippen LogP contribution >= 0.6 is 0 Å². The number of nitrogens with one attached hydrogen (secondary N) is 1. The number of rotatable bonds is 2. The van der Waals surface area contributed by atoms with Crippen LogP contribution in [0, 0.1) is 0 Å². The van der Waals surface area contributed by atoms with Crippen LogP contribution in [0.3, 0.4) is 0 Å². The van der Waals surface area contributed by atoms with E-state index in [1.54, 1.807) is 0 Å². The van der Waals surface area contributed by atoms with Gasteiger partial charge in [-0.05, 0) is 57.0 Å². The van der Waals surface area contributed by atoms with Gasteiger partial charge in [0.05, 0.1) is 17.3 Å². The number of Topliss-reactive ketones (excluding diaryl/α,β-unsaturated/α-hetero) is 1. The molecule has 6 heteroatoms. The van der Waals surface area contributed by atoms with Gasteiger partial charge in [0.15, 0.2) is 17.3 Å². The zero-order valence-corrected chi connectivity index (χ0v) is 14.1. The summed E-state index contributed by atoms with van der Waals surface area (Å²) in [6.45, 7) is 2.26. The summed E-state index contributed by atoms with van der Waals surface area (Å²) in [7, 11) is 0. The highest BCUT2D eigenvalue weighted by atomic mass is 16.7. The normalized spacial score (nSPS) is 19.9. The number of piperidine rings is 1. The second kappa shape index (κ2) is 5.88. The van der Waals surface area contributed by atoms with Crippen molar-refractivity contribution < 1.29 is 14.3 Å². The molecular formula is C19H21N3O3. The third-order valence-electron chi connectivity index (χ3n) is 5.41. The molecule has 1 N–H and O–H groups in total. The largest absolute Gasteiger partial charge is 0.454 e. The van der Waals surface area contributed by atoms with Crippen LogP contribution in [-0.4, -0.2) is 35.4 Å². The van der Waals surface area contributed by atoms with Crippen LogP contribution in [0.2, 0.25) is 0 Å². The van der Waals surface area contributed by atoms with Crippen molar-refractivity contribution in [2.45, 2.75) is 38.1 Å². The van der Waals surface area contributed by atoms with E-state index in [0.29, 0.717) is 12.5 Å². The van der Waals surface area contributed by atoms with Crippen LogP contribution < -0.4 is 14.8 Å². The number of fused-ring (bicyclic) bond motifs is 2. The summed E-state index contributed by atoms with van der Waals surface area (Å²) in [4.78, 5) is 12.7. The maximum Gasteiger partial charge on any atom is 0.231 e. The number of aromatic nitrogens is 2. The number of nitrogens with zero attached hydrogens (tertiary/aromatic N) is 2. The lowest BCUT2D eigenvalue weighted by atomic mass is 9.92. The SMILES string of the molecule is O=C1CCCc2c1c(-c1ccc3c(c1)OCO3)nn2C1CCNCC1. The summed E-state index contributed by atoms with van der Waals surface area (Å²) in [5.74, 6) is 1.70. The fourth-order valence-corrected chi connectivity index (χ4v) is 4.14. The van der Waals surface area contributed by atoms with Gasteiger partial charge in [-0.1, -0.05) is 0 Å². The molecule has 3 heterocycles. The minimum absolute atomic E-state index is 0.217. The van der Waals surface area contributed by atoms with Gasteiger partial charge in [0.1, 0.15) is 5.69 Å². The molecule has 6 nitrogen and oxygen atoms in total. The first-order valence-electron chi connectivity index (χ1n) is 9.06. The number of hydrogen-bond donors (Lipinski definition) is 1. The predicted molar refractivity (Wildman–Crippen MR) is 92.2 cm³/mol. The van der Waals surface area contributed by atoms with E-state index in [1.165, 1.54) is 0 Å². The highest BCUT2D eigenvalue weighted by molar-refractivity contribution is 6.03. The zero-order valence-electron chi connectivity index (χ0n) is 14.1. The van der Waals surface area contributed by atoms with Gasteiger partial charge in [-0.15, -0.1) is 0 Å². The molecule has 0 spiro atoms. The molecule has 0 bridgehead atoms. The average molecular weight is 339 g/mol. The Labute approximate surface area is 146 Å². The highest BCUT2D eigenvalue weighted by Crippen LogP contribution is 2.39. The minimum atomic E-state index is 0.217. The average Bonchev–Trinajstić information content (AvgIpc) is 3.27. The van der Waals surface area contributed by atoms with Crippen molar-refractivity contribution in [2.75, 3.05) is 19.9 Å². The van der Waals surface area contributed by atoms with Gasteiger partial charge in [-0.25, -0.2) is 0 Å². The van der Waals surface area contributed by atoms with Crippen molar-refractivity contribution in [1.82, 2.24) is 15.1 Å². The highest BCUT2D eigenvalue weighted by Gasteiger charge is 2.31. The smallest absolute Gasteiger partial charge is 0.231 e. The third-order valence-corrected chi connectivity index (χ3v) is 5.41. The van der Waals surface area contributed by atoms with Gasteiger partial charge >= 0.3 is 0 Å². The van der Waals surface area contributed by atoms with Crippen LogP contribution in [0.5, 0.6) is 11.5 Å². The number of benzene rings is 1. The van der Waals surface area contributed by atoms with Gasteiger partial charge < -0.3 is 14.8 Å². The standard InChI is InChI=1S/C19H21N3O3/c23-15-3-1-2-14-18(15)19(21-22(14)13-6-8-20-9-7-13)12-4-5-16-17(10-12)25-11-24-16/h4-5,10,13,20H,1-3,6-9,11H2. The first kappa shape index (κ1) is 15.0. The molecule has 130 valence electrons. The number of carbonyl (C=O) groups excluding carboxylic acids is 1. The molecule has 2 aliphatic heterocycles. The molecule has 1 saturated heterocycles. The van der Waals surface area contributed by atoms with Gasteiger partial charge in [0.25, 0.3) is 0 Å². The van der Waals surface area contributed by atoms with E-state index in [1.807, 2.05) is 18.2 Å². The fourth-order valence-electron chi connectivity index (χ4n) is 4.14. The number of ether oxygens (including phenoxy) is 2. The Bertz CT molecular complexity index is 837. The summed E-state index contributed by atoms with van der Waals surface area (Å²) in [5, 5.41) is 8.33. The summed E-state index contributed by atoms with van der Waals surface area (Å²) in [5.41, 5.74) is 3.68. The van der Waals surface area contributed by atoms with Gasteiger partial charge in [0.2, 0.25) is 6.79 Å². The van der Waals surface area contributed by atoms with Gasteiger partial charge in [-0.3, -0.25) is 9.48 Å². The molecule has 1 aliphatic carbocycles. The van der Waals surface area contributed by atoms with Crippen LogP contribution in [-0.2, 0) is 6.42 Å². The summed E-state index contributed by atoms with van der Waals surface area (Å²) in [6.07, 6.45) is 4.58. The topological polar surface area (TPSA) is 65.4 Å². The van der Waals surface area contributed by atoms with Crippen LogP contribution in [0.15, 0.2) is 18.2 Å². The molecular weight excluding hydrogens is 318 g/mol. The second-order valence-corrected chi connectivity index (χ2v) is 6.94. The molecule has 0 amide bonds. The minimum Gasteiger partial charge on any atom is -0.454 e. The molecule has 1 aromatic heterocycles. The maximum atomic E-state index is 12.7. The van der Waals surface area contributed by atoms with Crippen molar-refractivity contribution in [1.29, 1.82) is 0 Å². The Hall–Kier alpha value is -2.34. The third kappa shape index (κ3) is 2.43. The van der Waals surface area contributed by atoms with E-state index < -0.39 is 0 Å². The van der Waals surface area contributed by atoms with E-state index >= 15 is 0 Å². The summed E-state index contributed by atoms with van der Waals surface area (Å²) in [6, 6.07) is 6.20. The van der Waals surface area contributed by atoms with E-state index in [-0.39, 0.29) is 12.6 Å². The van der Waals surface area contributed by atoms with Gasteiger partial charge in [-0.2, -0.15) is 5.10 Å². The summed E-state index contributed by atoms with van der Waals surface area (Å²) >= 11 is 0. The lowest BCUT2D eigenvalue weighted by Crippen LogP contribution is -2.31. The fraction of sp³-hybridized carbons (Fsp3) is 0.474. The monoisotopic (exact) mass is 339 g/mol. The van der Waals surface area contributed by atoms with Crippen molar-refractivity contribution in [2.24, 2.45) is 0 Å². The Balaban J connectivity index is 1.63. The summed E-state index contributed by atoms with van der Waals surface area (Å²) < 4.78 is 13.1. The Morgan fingerprint density at radius 1 is 1.12 bits per heavy atom. The lowest BCUT2D eigenvalue weighted by molar-refractivity contribution is 0.0972. The number of ketones is 1. The van der Waals surface area contributed by atoms with E-state index in [4.69, 9.17) is 14.6 Å². The van der Waals surface area contributed by atoms with Crippen LogP contribution in [0.1, 0.15) is 47.8 Å². The Morgan fingerprint density at radius 3 is 2.84 bits per heavy atom. The van der Waals surface area contributed by atoms with Crippen molar-refractivity contribution >= 4 is 5.78 Å². The maximum absolute atomic E-state index is 12.7. The Morgan fingerprint density at radius 2 is 1.96 bits per heavy atom. The van der Waals surface area contributed by atoms with Crippen molar-refractivity contribution in [3.8, 4) is 22.8 Å². The molecule has 1 aromatic carbocycles. The zero-order chi connectivity index (χ0) is 16.8. The quantitative estimate of drug-likeness (QED) is 0.911.